The van der Waals surface area contributed by atoms with Crippen LogP contribution in [0.5, 0.6) is 0 Å². The third kappa shape index (κ3) is 3.04. The lowest BCUT2D eigenvalue weighted by Gasteiger charge is -2.31. The number of piperidine rings is 1. The molecule has 17 heavy (non-hydrogen) atoms. The zero-order valence-electron chi connectivity index (χ0n) is 10.5. The molecular formula is C12H20N4S. The number of aromatic nitrogens is 2. The van der Waals surface area contributed by atoms with E-state index in [1.165, 1.54) is 12.1 Å². The van der Waals surface area contributed by atoms with Crippen molar-refractivity contribution in [3.63, 3.8) is 0 Å². The number of nitrogens with zero attached hydrogens (tertiary/aromatic N) is 3. The first-order valence-electron chi connectivity index (χ1n) is 6.07. The summed E-state index contributed by atoms with van der Waals surface area (Å²) >= 11 is 5.10. The van der Waals surface area contributed by atoms with Gasteiger partial charge in [0.2, 0.25) is 0 Å². The molecule has 1 unspecified atom stereocenters. The fraction of sp³-hybridized carbons (Fsp3) is 0.667. The SMILES string of the molecule is Cc1cc(CN2CCCC(C(N)=S)C2)n(C)n1. The van der Waals surface area contributed by atoms with Gasteiger partial charge in [-0.2, -0.15) is 5.10 Å². The number of rotatable bonds is 3. The van der Waals surface area contributed by atoms with Crippen LogP contribution in [0.3, 0.4) is 0 Å². The molecule has 1 aliphatic heterocycles. The van der Waals surface area contributed by atoms with Gasteiger partial charge in [-0.25, -0.2) is 0 Å². The minimum Gasteiger partial charge on any atom is -0.393 e. The molecule has 0 aliphatic carbocycles. The van der Waals surface area contributed by atoms with Crippen LogP contribution in [-0.2, 0) is 13.6 Å². The van der Waals surface area contributed by atoms with Gasteiger partial charge >= 0.3 is 0 Å². The van der Waals surface area contributed by atoms with Crippen molar-refractivity contribution in [2.24, 2.45) is 18.7 Å². The second-order valence-corrected chi connectivity index (χ2v) is 5.35. The van der Waals surface area contributed by atoms with Gasteiger partial charge in [0, 0.05) is 26.1 Å². The zero-order chi connectivity index (χ0) is 12.4. The Hall–Kier alpha value is -0.940. The van der Waals surface area contributed by atoms with E-state index in [9.17, 15) is 0 Å². The van der Waals surface area contributed by atoms with E-state index in [0.29, 0.717) is 10.9 Å². The van der Waals surface area contributed by atoms with Crippen molar-refractivity contribution in [3.05, 3.63) is 17.5 Å². The van der Waals surface area contributed by atoms with Gasteiger partial charge in [-0.05, 0) is 32.4 Å². The summed E-state index contributed by atoms with van der Waals surface area (Å²) in [4.78, 5) is 3.08. The number of nitrogens with two attached hydrogens (primary N) is 1. The van der Waals surface area contributed by atoms with E-state index >= 15 is 0 Å². The van der Waals surface area contributed by atoms with Gasteiger partial charge in [0.05, 0.1) is 16.4 Å². The number of hydrogen-bond acceptors (Lipinski definition) is 3. The molecular weight excluding hydrogens is 232 g/mol. The third-order valence-electron chi connectivity index (χ3n) is 3.39. The maximum Gasteiger partial charge on any atom is 0.0771 e. The van der Waals surface area contributed by atoms with E-state index < -0.39 is 0 Å². The molecule has 0 radical (unpaired) electrons. The first-order chi connectivity index (χ1) is 8.06. The van der Waals surface area contributed by atoms with Crippen LogP contribution in [0.15, 0.2) is 6.07 Å². The minimum absolute atomic E-state index is 0.382. The average molecular weight is 252 g/mol. The molecule has 1 aliphatic rings. The molecule has 4 nitrogen and oxygen atoms in total. The van der Waals surface area contributed by atoms with Crippen LogP contribution in [0.25, 0.3) is 0 Å². The van der Waals surface area contributed by atoms with Gasteiger partial charge in [-0.1, -0.05) is 12.2 Å². The van der Waals surface area contributed by atoms with Crippen molar-refractivity contribution in [2.45, 2.75) is 26.3 Å². The molecule has 2 N–H and O–H groups in total. The average Bonchev–Trinajstić information content (AvgIpc) is 2.58. The molecule has 1 aromatic rings. The van der Waals surface area contributed by atoms with Crippen molar-refractivity contribution in [1.82, 2.24) is 14.7 Å². The van der Waals surface area contributed by atoms with E-state index in [0.717, 1.165) is 31.7 Å². The highest BCUT2D eigenvalue weighted by Crippen LogP contribution is 2.18. The van der Waals surface area contributed by atoms with Gasteiger partial charge in [-0.3, -0.25) is 9.58 Å². The van der Waals surface area contributed by atoms with Gasteiger partial charge < -0.3 is 5.73 Å². The first kappa shape index (κ1) is 12.5. The lowest BCUT2D eigenvalue weighted by molar-refractivity contribution is 0.193. The molecule has 0 saturated carbocycles. The third-order valence-corrected chi connectivity index (χ3v) is 3.73. The van der Waals surface area contributed by atoms with Gasteiger partial charge in [-0.15, -0.1) is 0 Å². The fourth-order valence-electron chi connectivity index (χ4n) is 2.47. The summed E-state index contributed by atoms with van der Waals surface area (Å²) in [7, 11) is 2.00. The number of thiocarbonyl (C=S) groups is 1. The Kier molecular flexibility index (Phi) is 3.79. The van der Waals surface area contributed by atoms with E-state index in [1.54, 1.807) is 0 Å². The molecule has 0 bridgehead atoms. The Morgan fingerprint density at radius 2 is 2.41 bits per heavy atom. The van der Waals surface area contributed by atoms with Crippen LogP contribution in [0.1, 0.15) is 24.2 Å². The summed E-state index contributed by atoms with van der Waals surface area (Å²) < 4.78 is 1.96. The molecule has 1 saturated heterocycles. The molecule has 0 amide bonds. The quantitative estimate of drug-likeness (QED) is 0.822. The Bertz CT molecular complexity index is 413. The lowest BCUT2D eigenvalue weighted by atomic mass is 9.98. The van der Waals surface area contributed by atoms with Crippen LogP contribution < -0.4 is 5.73 Å². The van der Waals surface area contributed by atoms with Crippen LogP contribution in [0.2, 0.25) is 0 Å². The van der Waals surface area contributed by atoms with Crippen molar-refractivity contribution < 1.29 is 0 Å². The van der Waals surface area contributed by atoms with E-state index in [2.05, 4.69) is 16.1 Å². The standard InChI is InChI=1S/C12H20N4S/c1-9-6-11(15(2)14-9)8-16-5-3-4-10(7-16)12(13)17/h6,10H,3-5,7-8H2,1-2H3,(H2,13,17). The molecule has 0 spiro atoms. The number of aryl methyl sites for hydroxylation is 2. The molecule has 1 aromatic heterocycles. The molecule has 1 atom stereocenters. The fourth-order valence-corrected chi connectivity index (χ4v) is 2.67. The molecule has 2 heterocycles. The van der Waals surface area contributed by atoms with Crippen LogP contribution >= 0.6 is 12.2 Å². The van der Waals surface area contributed by atoms with Crippen molar-refractivity contribution in [2.75, 3.05) is 13.1 Å². The highest BCUT2D eigenvalue weighted by molar-refractivity contribution is 7.80. The highest BCUT2D eigenvalue weighted by atomic mass is 32.1. The van der Waals surface area contributed by atoms with Crippen molar-refractivity contribution in [1.29, 1.82) is 0 Å². The first-order valence-corrected chi connectivity index (χ1v) is 6.48. The summed E-state index contributed by atoms with van der Waals surface area (Å²) in [6.45, 7) is 5.08. The minimum atomic E-state index is 0.382. The highest BCUT2D eigenvalue weighted by Gasteiger charge is 2.22. The second kappa shape index (κ2) is 5.14. The second-order valence-electron chi connectivity index (χ2n) is 4.88. The van der Waals surface area contributed by atoms with Gasteiger partial charge in [0.15, 0.2) is 0 Å². The summed E-state index contributed by atoms with van der Waals surface area (Å²) in [5.74, 6) is 0.382. The lowest BCUT2D eigenvalue weighted by Crippen LogP contribution is -2.40. The molecule has 2 rings (SSSR count). The maximum atomic E-state index is 5.74. The predicted molar refractivity (Wildman–Crippen MR) is 72.7 cm³/mol. The zero-order valence-corrected chi connectivity index (χ0v) is 11.3. The Morgan fingerprint density at radius 3 is 3.00 bits per heavy atom. The summed E-state index contributed by atoms with van der Waals surface area (Å²) in [5.41, 5.74) is 8.07. The van der Waals surface area contributed by atoms with Crippen LogP contribution in [-0.4, -0.2) is 32.8 Å². The Morgan fingerprint density at radius 1 is 1.65 bits per heavy atom. The maximum absolute atomic E-state index is 5.74. The van der Waals surface area contributed by atoms with Crippen molar-refractivity contribution >= 4 is 17.2 Å². The Balaban J connectivity index is 1.99. The molecule has 1 fully saturated rings. The predicted octanol–water partition coefficient (Wildman–Crippen LogP) is 1.23. The number of hydrogen-bond donors (Lipinski definition) is 1. The molecule has 5 heteroatoms. The summed E-state index contributed by atoms with van der Waals surface area (Å²) in [6, 6.07) is 2.14. The number of likely N-dealkylation sites (tertiary alicyclic amines) is 1. The van der Waals surface area contributed by atoms with E-state index in [1.807, 2.05) is 18.7 Å². The summed E-state index contributed by atoms with van der Waals surface area (Å²) in [5, 5.41) is 4.37. The van der Waals surface area contributed by atoms with E-state index in [-0.39, 0.29) is 0 Å². The monoisotopic (exact) mass is 252 g/mol. The topological polar surface area (TPSA) is 47.1 Å². The summed E-state index contributed by atoms with van der Waals surface area (Å²) in [6.07, 6.45) is 2.31. The van der Waals surface area contributed by atoms with E-state index in [4.69, 9.17) is 18.0 Å². The molecule has 94 valence electrons. The van der Waals surface area contributed by atoms with Crippen LogP contribution in [0.4, 0.5) is 0 Å². The van der Waals surface area contributed by atoms with Crippen molar-refractivity contribution in [3.8, 4) is 0 Å². The van der Waals surface area contributed by atoms with Crippen LogP contribution in [0, 0.1) is 12.8 Å². The molecule has 0 aromatic carbocycles. The largest absolute Gasteiger partial charge is 0.393 e. The normalized spacial score (nSPS) is 21.6. The van der Waals surface area contributed by atoms with Gasteiger partial charge in [0.25, 0.3) is 0 Å². The van der Waals surface area contributed by atoms with Gasteiger partial charge in [0.1, 0.15) is 0 Å². The Labute approximate surface area is 108 Å². The smallest absolute Gasteiger partial charge is 0.0771 e.